The number of phenolic OH excluding ortho intramolecular Hbond substituents is 1. The third-order valence-corrected chi connectivity index (χ3v) is 2.74. The van der Waals surface area contributed by atoms with Crippen LogP contribution in [-0.4, -0.2) is 40.6 Å². The van der Waals surface area contributed by atoms with Crippen LogP contribution < -0.4 is 5.43 Å². The third kappa shape index (κ3) is 3.41. The molecule has 0 spiro atoms. The molecule has 0 unspecified atom stereocenters. The van der Waals surface area contributed by atoms with Gasteiger partial charge in [-0.2, -0.15) is 0 Å². The minimum atomic E-state index is -2.77. The maximum atomic E-state index is 12.5. The molecule has 1 aromatic rings. The molecule has 0 atom stereocenters. The number of hydrogen-bond acceptors (Lipinski definition) is 5. The van der Waals surface area contributed by atoms with E-state index in [9.17, 15) is 18.7 Å². The standard InChI is InChI=1S/C13H13F2N3O3/c14-12(15)9-2-1-8(6-11(9)20)5-10-13(21)18(7-16-10)17-3-4-19/h1-2,5-7,12,17,19-20H,3-4H2/b10-5-. The lowest BCUT2D eigenvalue weighted by atomic mass is 10.1. The number of nitrogens with zero attached hydrogens (tertiary/aromatic N) is 2. The van der Waals surface area contributed by atoms with Gasteiger partial charge < -0.3 is 10.2 Å². The molecule has 0 radical (unpaired) electrons. The van der Waals surface area contributed by atoms with Gasteiger partial charge in [-0.15, -0.1) is 0 Å². The van der Waals surface area contributed by atoms with Crippen LogP contribution >= 0.6 is 0 Å². The molecule has 0 fully saturated rings. The second-order valence-electron chi connectivity index (χ2n) is 4.20. The topological polar surface area (TPSA) is 85.2 Å². The number of carbonyl (C=O) groups excluding carboxylic acids is 1. The lowest BCUT2D eigenvalue weighted by Crippen LogP contribution is -2.40. The van der Waals surface area contributed by atoms with Crippen LogP contribution in [0.3, 0.4) is 0 Å². The number of hydrazine groups is 1. The van der Waals surface area contributed by atoms with E-state index in [1.165, 1.54) is 18.5 Å². The zero-order valence-corrected chi connectivity index (χ0v) is 10.8. The Hall–Kier alpha value is -2.32. The number of aromatic hydroxyl groups is 1. The Morgan fingerprint density at radius 2 is 2.19 bits per heavy atom. The number of benzene rings is 1. The number of phenols is 1. The highest BCUT2D eigenvalue weighted by atomic mass is 19.3. The summed E-state index contributed by atoms with van der Waals surface area (Å²) in [7, 11) is 0. The highest BCUT2D eigenvalue weighted by molar-refractivity contribution is 6.07. The van der Waals surface area contributed by atoms with E-state index in [0.717, 1.165) is 17.1 Å². The molecule has 8 heteroatoms. The molecule has 6 nitrogen and oxygen atoms in total. The van der Waals surface area contributed by atoms with Gasteiger partial charge >= 0.3 is 0 Å². The molecule has 2 rings (SSSR count). The van der Waals surface area contributed by atoms with Gasteiger partial charge in [0.25, 0.3) is 12.3 Å². The molecule has 0 aliphatic carbocycles. The summed E-state index contributed by atoms with van der Waals surface area (Å²) in [5, 5.41) is 19.3. The fourth-order valence-electron chi connectivity index (χ4n) is 1.73. The SMILES string of the molecule is O=C1/C(=C/c2ccc(C(F)F)c(O)c2)N=CN1NCCO. The van der Waals surface area contributed by atoms with E-state index in [0.29, 0.717) is 5.56 Å². The fourth-order valence-corrected chi connectivity index (χ4v) is 1.73. The van der Waals surface area contributed by atoms with Gasteiger partial charge in [-0.1, -0.05) is 6.07 Å². The van der Waals surface area contributed by atoms with Crippen LogP contribution in [0.25, 0.3) is 6.08 Å². The van der Waals surface area contributed by atoms with Gasteiger partial charge in [0.1, 0.15) is 17.8 Å². The molecule has 0 aromatic heterocycles. The van der Waals surface area contributed by atoms with Crippen molar-refractivity contribution >= 4 is 18.3 Å². The lowest BCUT2D eigenvalue weighted by molar-refractivity contribution is -0.124. The first-order chi connectivity index (χ1) is 10.0. The molecular weight excluding hydrogens is 284 g/mol. The van der Waals surface area contributed by atoms with E-state index in [4.69, 9.17) is 5.11 Å². The fraction of sp³-hybridized carbons (Fsp3) is 0.231. The molecule has 1 aliphatic heterocycles. The molecule has 0 bridgehead atoms. The summed E-state index contributed by atoms with van der Waals surface area (Å²) in [5.74, 6) is -0.982. The van der Waals surface area contributed by atoms with Gasteiger partial charge in [-0.3, -0.25) is 4.79 Å². The van der Waals surface area contributed by atoms with Gasteiger partial charge in [0.2, 0.25) is 0 Å². The molecule has 1 heterocycles. The van der Waals surface area contributed by atoms with Crippen molar-refractivity contribution < 1.29 is 23.8 Å². The van der Waals surface area contributed by atoms with E-state index in [1.807, 2.05) is 0 Å². The lowest BCUT2D eigenvalue weighted by Gasteiger charge is -2.11. The first-order valence-electron chi connectivity index (χ1n) is 6.08. The molecule has 1 amide bonds. The maximum absolute atomic E-state index is 12.5. The predicted molar refractivity (Wildman–Crippen MR) is 71.5 cm³/mol. The number of nitrogens with one attached hydrogen (secondary N) is 1. The summed E-state index contributed by atoms with van der Waals surface area (Å²) in [6, 6.07) is 3.60. The van der Waals surface area contributed by atoms with Crippen LogP contribution in [0.15, 0.2) is 28.9 Å². The van der Waals surface area contributed by atoms with Crippen LogP contribution in [0.2, 0.25) is 0 Å². The Morgan fingerprint density at radius 3 is 2.81 bits per heavy atom. The summed E-state index contributed by atoms with van der Waals surface area (Å²) in [6.07, 6.45) is -0.151. The summed E-state index contributed by atoms with van der Waals surface area (Å²) in [4.78, 5) is 15.8. The number of halogens is 2. The Morgan fingerprint density at radius 1 is 1.43 bits per heavy atom. The van der Waals surface area contributed by atoms with Crippen molar-refractivity contribution in [2.45, 2.75) is 6.43 Å². The minimum absolute atomic E-state index is 0.0876. The zero-order valence-electron chi connectivity index (χ0n) is 10.8. The average molecular weight is 297 g/mol. The van der Waals surface area contributed by atoms with Gasteiger partial charge in [0.15, 0.2) is 0 Å². The van der Waals surface area contributed by atoms with Gasteiger partial charge in [-0.05, 0) is 23.8 Å². The highest BCUT2D eigenvalue weighted by Crippen LogP contribution is 2.29. The number of aliphatic hydroxyl groups is 1. The van der Waals surface area contributed by atoms with Crippen LogP contribution in [0, 0.1) is 0 Å². The van der Waals surface area contributed by atoms with Crippen molar-refractivity contribution in [3.8, 4) is 5.75 Å². The van der Waals surface area contributed by atoms with Crippen LogP contribution in [0.5, 0.6) is 5.75 Å². The van der Waals surface area contributed by atoms with E-state index >= 15 is 0 Å². The minimum Gasteiger partial charge on any atom is -0.507 e. The summed E-state index contributed by atoms with van der Waals surface area (Å²) >= 11 is 0. The summed E-state index contributed by atoms with van der Waals surface area (Å²) in [6.45, 7) is 0.0501. The number of rotatable bonds is 5. The van der Waals surface area contributed by atoms with Crippen LogP contribution in [0.4, 0.5) is 8.78 Å². The van der Waals surface area contributed by atoms with E-state index in [-0.39, 0.29) is 18.8 Å². The predicted octanol–water partition coefficient (Wildman–Crippen LogP) is 1.04. The van der Waals surface area contributed by atoms with Gasteiger partial charge in [0, 0.05) is 6.54 Å². The molecule has 1 aliphatic rings. The van der Waals surface area contributed by atoms with Crippen LogP contribution in [-0.2, 0) is 4.79 Å². The Bertz CT molecular complexity index is 602. The molecule has 21 heavy (non-hydrogen) atoms. The molecular formula is C13H13F2N3O3. The second-order valence-corrected chi connectivity index (χ2v) is 4.20. The monoisotopic (exact) mass is 297 g/mol. The quantitative estimate of drug-likeness (QED) is 0.709. The molecule has 3 N–H and O–H groups in total. The van der Waals surface area contributed by atoms with Crippen molar-refractivity contribution in [3.05, 3.63) is 35.0 Å². The Labute approximate surface area is 119 Å². The molecule has 0 saturated heterocycles. The molecule has 112 valence electrons. The van der Waals surface area contributed by atoms with E-state index < -0.39 is 23.6 Å². The van der Waals surface area contributed by atoms with Crippen molar-refractivity contribution in [2.75, 3.05) is 13.2 Å². The zero-order chi connectivity index (χ0) is 15.4. The van der Waals surface area contributed by atoms with Crippen molar-refractivity contribution in [1.29, 1.82) is 0 Å². The molecule has 0 saturated carbocycles. The first kappa shape index (κ1) is 15.1. The Kier molecular flexibility index (Phi) is 4.61. The number of hydrogen-bond donors (Lipinski definition) is 3. The Balaban J connectivity index is 2.16. The van der Waals surface area contributed by atoms with Crippen molar-refractivity contribution in [3.63, 3.8) is 0 Å². The normalized spacial score (nSPS) is 16.5. The number of alkyl halides is 2. The van der Waals surface area contributed by atoms with Crippen molar-refractivity contribution in [2.24, 2.45) is 4.99 Å². The first-order valence-corrected chi connectivity index (χ1v) is 6.08. The van der Waals surface area contributed by atoms with E-state index in [2.05, 4.69) is 10.4 Å². The summed E-state index contributed by atoms with van der Waals surface area (Å²) in [5.41, 5.74) is 2.62. The number of aliphatic hydroxyl groups excluding tert-OH is 1. The molecule has 1 aromatic carbocycles. The van der Waals surface area contributed by atoms with Crippen LogP contribution in [0.1, 0.15) is 17.6 Å². The average Bonchev–Trinajstić information content (AvgIpc) is 2.77. The number of carbonyl (C=O) groups is 1. The summed E-state index contributed by atoms with van der Waals surface area (Å²) < 4.78 is 25.0. The maximum Gasteiger partial charge on any atom is 0.292 e. The largest absolute Gasteiger partial charge is 0.507 e. The highest BCUT2D eigenvalue weighted by Gasteiger charge is 2.22. The smallest absolute Gasteiger partial charge is 0.292 e. The second kappa shape index (κ2) is 6.42. The van der Waals surface area contributed by atoms with Gasteiger partial charge in [-0.25, -0.2) is 24.2 Å². The van der Waals surface area contributed by atoms with Gasteiger partial charge in [0.05, 0.1) is 12.2 Å². The number of amides is 1. The number of aliphatic imine (C=N–C) groups is 1. The van der Waals surface area contributed by atoms with Crippen molar-refractivity contribution in [1.82, 2.24) is 10.4 Å². The van der Waals surface area contributed by atoms with E-state index in [1.54, 1.807) is 0 Å². The third-order valence-electron chi connectivity index (χ3n) is 2.74.